The van der Waals surface area contributed by atoms with Gasteiger partial charge in [0.1, 0.15) is 11.2 Å². The van der Waals surface area contributed by atoms with E-state index in [9.17, 15) is 0 Å². The topological polar surface area (TPSA) is 21.3 Å². The highest BCUT2D eigenvalue weighted by Crippen LogP contribution is 2.51. The Bertz CT molecular complexity index is 2000. The minimum atomic E-state index is 0.0744. The molecule has 0 amide bonds. The van der Waals surface area contributed by atoms with Gasteiger partial charge in [-0.1, -0.05) is 72.8 Å². The van der Waals surface area contributed by atoms with E-state index < -0.39 is 0 Å². The monoisotopic (exact) mass is 432 g/mol. The van der Waals surface area contributed by atoms with Crippen molar-refractivity contribution in [2.75, 3.05) is 4.81 Å². The fourth-order valence-electron chi connectivity index (χ4n) is 6.46. The van der Waals surface area contributed by atoms with Gasteiger partial charge in [-0.2, -0.15) is 0 Å². The summed E-state index contributed by atoms with van der Waals surface area (Å²) >= 11 is 0. The summed E-state index contributed by atoms with van der Waals surface area (Å²) in [5, 5.41) is 4.96. The lowest BCUT2D eigenvalue weighted by atomic mass is 9.60. The minimum Gasteiger partial charge on any atom is -0.455 e. The van der Waals surface area contributed by atoms with Gasteiger partial charge in [0.2, 0.25) is 0 Å². The summed E-state index contributed by atoms with van der Waals surface area (Å²) in [6, 6.07) is 37.2. The highest BCUT2D eigenvalue weighted by Gasteiger charge is 2.45. The van der Waals surface area contributed by atoms with Crippen LogP contribution in [0.4, 0.5) is 11.4 Å². The molecule has 7 aromatic rings. The van der Waals surface area contributed by atoms with Crippen molar-refractivity contribution in [2.45, 2.75) is 0 Å². The van der Waals surface area contributed by atoms with E-state index in [1.807, 2.05) is 6.07 Å². The first kappa shape index (κ1) is 17.1. The van der Waals surface area contributed by atoms with Gasteiger partial charge in [0.15, 0.2) is 0 Å². The summed E-state index contributed by atoms with van der Waals surface area (Å²) in [6.45, 7) is 0.0744. The molecule has 0 N–H and O–H groups in total. The zero-order valence-electron chi connectivity index (χ0n) is 18.2. The van der Waals surface area contributed by atoms with Gasteiger partial charge in [-0.3, -0.25) is 0 Å². The molecule has 0 fully saturated rings. The van der Waals surface area contributed by atoms with Crippen LogP contribution in [0.5, 0.6) is 0 Å². The predicted molar refractivity (Wildman–Crippen MR) is 142 cm³/mol. The number of benzene rings is 5. The lowest BCUT2D eigenvalue weighted by Crippen LogP contribution is -2.51. The molecule has 3 nitrogen and oxygen atoms in total. The van der Waals surface area contributed by atoms with Crippen molar-refractivity contribution in [3.05, 3.63) is 103 Å². The van der Waals surface area contributed by atoms with Gasteiger partial charge in [-0.25, -0.2) is 0 Å². The predicted octanol–water partition coefficient (Wildman–Crippen LogP) is 7.07. The first-order valence-corrected chi connectivity index (χ1v) is 11.7. The summed E-state index contributed by atoms with van der Waals surface area (Å²) in [5.74, 6) is 0. The fourth-order valence-corrected chi connectivity index (χ4v) is 6.46. The van der Waals surface area contributed by atoms with Gasteiger partial charge in [0.05, 0.1) is 11.2 Å². The Morgan fingerprint density at radius 3 is 2.35 bits per heavy atom. The van der Waals surface area contributed by atoms with Crippen LogP contribution in [-0.4, -0.2) is 11.5 Å². The van der Waals surface area contributed by atoms with Crippen LogP contribution in [0.3, 0.4) is 0 Å². The number of rotatable bonds is 0. The number of para-hydroxylation sites is 3. The molecule has 5 aromatic carbocycles. The Hall–Kier alpha value is -4.44. The second kappa shape index (κ2) is 5.73. The number of fused-ring (bicyclic) bond motifs is 15. The van der Waals surface area contributed by atoms with Crippen molar-refractivity contribution >= 4 is 67.6 Å². The van der Waals surface area contributed by atoms with Crippen molar-refractivity contribution in [3.63, 3.8) is 0 Å². The van der Waals surface area contributed by atoms with Crippen molar-refractivity contribution in [3.8, 4) is 11.1 Å². The van der Waals surface area contributed by atoms with Crippen molar-refractivity contribution in [1.29, 1.82) is 0 Å². The van der Waals surface area contributed by atoms with Crippen molar-refractivity contribution in [2.24, 2.45) is 0 Å². The van der Waals surface area contributed by atoms with Gasteiger partial charge < -0.3 is 13.7 Å². The van der Waals surface area contributed by atoms with E-state index in [-0.39, 0.29) is 6.98 Å². The molecule has 4 heterocycles. The third-order valence-corrected chi connectivity index (χ3v) is 7.75. The van der Waals surface area contributed by atoms with Crippen molar-refractivity contribution in [1.82, 2.24) is 4.48 Å². The normalized spacial score (nSPS) is 13.8. The Morgan fingerprint density at radius 2 is 1.38 bits per heavy atom. The van der Waals surface area contributed by atoms with E-state index in [1.54, 1.807) is 0 Å². The summed E-state index contributed by atoms with van der Waals surface area (Å²) in [5.41, 5.74) is 10.7. The first-order valence-electron chi connectivity index (χ1n) is 11.7. The Morgan fingerprint density at radius 1 is 0.588 bits per heavy atom. The standard InChI is InChI=1S/C30H17BN2O/c1-4-12-23-22(10-1)28-25(17-16-21-19-9-3-6-15-27(19)34-30(21)28)32-26-14-7-11-20-18-8-2-5-13-24(18)33(29(20)26)31(23)32/h1-17H. The molecule has 2 aliphatic heterocycles. The maximum atomic E-state index is 6.52. The van der Waals surface area contributed by atoms with Crippen molar-refractivity contribution < 1.29 is 4.42 Å². The van der Waals surface area contributed by atoms with E-state index in [2.05, 4.69) is 106 Å². The molecule has 2 aromatic heterocycles. The SMILES string of the molecule is c1ccc2c(c1)B1N(c3ccc4c(oc5ccccc54)c3-2)c2cccc3c4ccccc4n1c23. The summed E-state index contributed by atoms with van der Waals surface area (Å²) in [7, 11) is 0. The van der Waals surface area contributed by atoms with Crippen LogP contribution < -0.4 is 10.3 Å². The summed E-state index contributed by atoms with van der Waals surface area (Å²) in [4.78, 5) is 2.51. The van der Waals surface area contributed by atoms with Crippen LogP contribution in [0.25, 0.3) is 54.9 Å². The Balaban J connectivity index is 1.48. The highest BCUT2D eigenvalue weighted by molar-refractivity contribution is 6.82. The van der Waals surface area contributed by atoms with Gasteiger partial charge in [-0.15, -0.1) is 0 Å². The molecule has 0 saturated heterocycles. The van der Waals surface area contributed by atoms with E-state index in [0.29, 0.717) is 0 Å². The minimum absolute atomic E-state index is 0.0744. The second-order valence-corrected chi connectivity index (χ2v) is 9.33. The molecular formula is C30H17BN2O. The van der Waals surface area contributed by atoms with E-state index >= 15 is 0 Å². The number of hydrogen-bond acceptors (Lipinski definition) is 2. The third-order valence-electron chi connectivity index (χ3n) is 7.75. The van der Waals surface area contributed by atoms with Crippen LogP contribution in [0.15, 0.2) is 108 Å². The third kappa shape index (κ3) is 1.81. The Kier molecular flexibility index (Phi) is 2.88. The second-order valence-electron chi connectivity index (χ2n) is 9.33. The lowest BCUT2D eigenvalue weighted by Gasteiger charge is -2.34. The molecule has 0 saturated carbocycles. The van der Waals surface area contributed by atoms with E-state index in [4.69, 9.17) is 4.42 Å². The molecule has 0 radical (unpaired) electrons. The van der Waals surface area contributed by atoms with Crippen LogP contribution in [-0.2, 0) is 0 Å². The Labute approximate surface area is 195 Å². The maximum absolute atomic E-state index is 6.52. The van der Waals surface area contributed by atoms with E-state index in [1.165, 1.54) is 60.5 Å². The van der Waals surface area contributed by atoms with E-state index in [0.717, 1.165) is 11.2 Å². The number of anilines is 2. The number of aromatic nitrogens is 1. The smallest absolute Gasteiger partial charge is 0.421 e. The zero-order chi connectivity index (χ0) is 22.0. The zero-order valence-corrected chi connectivity index (χ0v) is 18.2. The fraction of sp³-hybridized carbons (Fsp3) is 0. The molecule has 0 unspecified atom stereocenters. The number of hydrogen-bond donors (Lipinski definition) is 0. The van der Waals surface area contributed by atoms with Gasteiger partial charge in [0, 0.05) is 38.3 Å². The van der Waals surface area contributed by atoms with Crippen LogP contribution in [0, 0.1) is 0 Å². The lowest BCUT2D eigenvalue weighted by molar-refractivity contribution is 0.670. The molecule has 0 spiro atoms. The maximum Gasteiger partial charge on any atom is 0.421 e. The molecule has 2 aliphatic rings. The van der Waals surface area contributed by atoms with Crippen LogP contribution >= 0.6 is 0 Å². The van der Waals surface area contributed by atoms with Gasteiger partial charge in [0.25, 0.3) is 0 Å². The van der Waals surface area contributed by atoms with Gasteiger partial charge in [-0.05, 0) is 41.4 Å². The number of nitrogens with zero attached hydrogens (tertiary/aromatic N) is 2. The van der Waals surface area contributed by atoms with Crippen LogP contribution in [0.1, 0.15) is 0 Å². The summed E-state index contributed by atoms with van der Waals surface area (Å²) < 4.78 is 9.06. The van der Waals surface area contributed by atoms with Crippen LogP contribution in [0.2, 0.25) is 0 Å². The molecule has 0 aliphatic carbocycles. The molecule has 34 heavy (non-hydrogen) atoms. The average molecular weight is 432 g/mol. The highest BCUT2D eigenvalue weighted by atomic mass is 16.3. The first-order chi connectivity index (χ1) is 16.9. The number of furan rings is 1. The molecule has 9 rings (SSSR count). The van der Waals surface area contributed by atoms with Gasteiger partial charge >= 0.3 is 6.98 Å². The quantitative estimate of drug-likeness (QED) is 0.239. The molecule has 4 heteroatoms. The largest absolute Gasteiger partial charge is 0.455 e. The molecular weight excluding hydrogens is 415 g/mol. The molecule has 0 bridgehead atoms. The summed E-state index contributed by atoms with van der Waals surface area (Å²) in [6.07, 6.45) is 0. The molecule has 156 valence electrons. The molecule has 0 atom stereocenters. The average Bonchev–Trinajstić information content (AvgIpc) is 3.55.